The van der Waals surface area contributed by atoms with Crippen LogP contribution in [0.3, 0.4) is 0 Å². The molecule has 1 N–H and O–H groups in total. The monoisotopic (exact) mass is 366 g/mol. The number of nitrogens with one attached hydrogen (secondary N) is 1. The van der Waals surface area contributed by atoms with E-state index in [-0.39, 0.29) is 11.9 Å². The summed E-state index contributed by atoms with van der Waals surface area (Å²) in [5.74, 6) is 1.34. The molecule has 5 nitrogen and oxygen atoms in total. The maximum Gasteiger partial charge on any atom is 0.251 e. The van der Waals surface area contributed by atoms with Gasteiger partial charge in [-0.25, -0.2) is 0 Å². The van der Waals surface area contributed by atoms with E-state index in [0.717, 1.165) is 56.1 Å². The Kier molecular flexibility index (Phi) is 5.30. The van der Waals surface area contributed by atoms with E-state index in [1.165, 1.54) is 0 Å². The molecular formula is C22H26N2O3. The van der Waals surface area contributed by atoms with Gasteiger partial charge in [0.05, 0.1) is 26.4 Å². The molecule has 1 saturated heterocycles. The van der Waals surface area contributed by atoms with Crippen LogP contribution in [0.1, 0.15) is 34.8 Å². The van der Waals surface area contributed by atoms with Crippen LogP contribution in [-0.2, 0) is 4.74 Å². The molecule has 1 saturated carbocycles. The lowest BCUT2D eigenvalue weighted by molar-refractivity contribution is 0.0931. The van der Waals surface area contributed by atoms with Crippen LogP contribution in [-0.4, -0.2) is 39.3 Å². The van der Waals surface area contributed by atoms with Crippen molar-refractivity contribution < 1.29 is 14.3 Å². The highest BCUT2D eigenvalue weighted by Gasteiger charge is 2.33. The second-order valence-corrected chi connectivity index (χ2v) is 7.21. The van der Waals surface area contributed by atoms with E-state index < -0.39 is 0 Å². The molecule has 2 aliphatic rings. The predicted octanol–water partition coefficient (Wildman–Crippen LogP) is 3.41. The summed E-state index contributed by atoms with van der Waals surface area (Å²) in [5, 5.41) is 3.23. The number of amides is 1. The van der Waals surface area contributed by atoms with Crippen LogP contribution < -0.4 is 15.0 Å². The van der Waals surface area contributed by atoms with Gasteiger partial charge >= 0.3 is 0 Å². The first-order valence-electron chi connectivity index (χ1n) is 9.62. The van der Waals surface area contributed by atoms with Crippen molar-refractivity contribution in [2.75, 3.05) is 38.3 Å². The summed E-state index contributed by atoms with van der Waals surface area (Å²) in [6.07, 6.45) is 2.32. The molecule has 0 spiro atoms. The van der Waals surface area contributed by atoms with Crippen molar-refractivity contribution in [1.82, 2.24) is 5.32 Å². The van der Waals surface area contributed by atoms with E-state index in [4.69, 9.17) is 9.47 Å². The summed E-state index contributed by atoms with van der Waals surface area (Å²) in [4.78, 5) is 15.1. The molecule has 2 fully saturated rings. The van der Waals surface area contributed by atoms with Crippen LogP contribution in [0.15, 0.2) is 48.5 Å². The number of nitrogens with zero attached hydrogens (tertiary/aromatic N) is 1. The zero-order chi connectivity index (χ0) is 18.6. The molecule has 142 valence electrons. The molecule has 0 aromatic heterocycles. The topological polar surface area (TPSA) is 50.8 Å². The Morgan fingerprint density at radius 1 is 1.07 bits per heavy atom. The number of carbonyl (C=O) groups is 1. The summed E-state index contributed by atoms with van der Waals surface area (Å²) >= 11 is 0. The van der Waals surface area contributed by atoms with Crippen molar-refractivity contribution in [3.8, 4) is 5.75 Å². The number of benzene rings is 2. The molecule has 2 aromatic carbocycles. The maximum atomic E-state index is 12.8. The number of carbonyl (C=O) groups excluding carboxylic acids is 1. The zero-order valence-electron chi connectivity index (χ0n) is 15.7. The number of anilines is 1. The van der Waals surface area contributed by atoms with Gasteiger partial charge in [-0.3, -0.25) is 4.79 Å². The Morgan fingerprint density at radius 2 is 1.74 bits per heavy atom. The Bertz CT molecular complexity index is 763. The highest BCUT2D eigenvalue weighted by atomic mass is 16.5. The number of methoxy groups -OCH3 is 1. The molecule has 4 rings (SSSR count). The van der Waals surface area contributed by atoms with E-state index in [1.807, 2.05) is 48.5 Å². The van der Waals surface area contributed by atoms with Crippen LogP contribution in [0.2, 0.25) is 0 Å². The first kappa shape index (κ1) is 17.9. The third kappa shape index (κ3) is 4.25. The van der Waals surface area contributed by atoms with E-state index in [9.17, 15) is 4.79 Å². The molecule has 1 heterocycles. The first-order chi connectivity index (χ1) is 13.2. The smallest absolute Gasteiger partial charge is 0.251 e. The van der Waals surface area contributed by atoms with Crippen LogP contribution in [0.5, 0.6) is 5.75 Å². The minimum atomic E-state index is -0.0174. The minimum absolute atomic E-state index is 0.0174. The summed E-state index contributed by atoms with van der Waals surface area (Å²) < 4.78 is 10.6. The number of rotatable bonds is 6. The predicted molar refractivity (Wildman–Crippen MR) is 105 cm³/mol. The SMILES string of the molecule is COc1ccc([C@@H](NC(=O)c2ccc(N3CCOCC3)cc2)C2CC2)cc1. The summed E-state index contributed by atoms with van der Waals surface area (Å²) in [5.41, 5.74) is 2.98. The minimum Gasteiger partial charge on any atom is -0.497 e. The fourth-order valence-electron chi connectivity index (χ4n) is 3.58. The second-order valence-electron chi connectivity index (χ2n) is 7.21. The highest BCUT2D eigenvalue weighted by Crippen LogP contribution is 2.41. The number of morpholine rings is 1. The summed E-state index contributed by atoms with van der Waals surface area (Å²) in [6, 6.07) is 15.9. The number of ether oxygens (including phenoxy) is 2. The molecular weight excluding hydrogens is 340 g/mol. The molecule has 27 heavy (non-hydrogen) atoms. The standard InChI is InChI=1S/C22H26N2O3/c1-26-20-10-6-17(7-11-20)21(16-2-3-16)23-22(25)18-4-8-19(9-5-18)24-12-14-27-15-13-24/h4-11,16,21H,2-3,12-15H2,1H3,(H,23,25)/t21-/m0/s1. The van der Waals surface area contributed by atoms with Gasteiger partial charge in [-0.05, 0) is 60.7 Å². The fourth-order valence-corrected chi connectivity index (χ4v) is 3.58. The van der Waals surface area contributed by atoms with Crippen LogP contribution in [0.4, 0.5) is 5.69 Å². The van der Waals surface area contributed by atoms with E-state index in [0.29, 0.717) is 11.5 Å². The van der Waals surface area contributed by atoms with E-state index in [2.05, 4.69) is 10.2 Å². The third-order valence-corrected chi connectivity index (χ3v) is 5.36. The Balaban J connectivity index is 1.44. The van der Waals surface area contributed by atoms with Crippen molar-refractivity contribution in [2.45, 2.75) is 18.9 Å². The van der Waals surface area contributed by atoms with Crippen LogP contribution in [0, 0.1) is 5.92 Å². The third-order valence-electron chi connectivity index (χ3n) is 5.36. The summed E-state index contributed by atoms with van der Waals surface area (Å²) in [6.45, 7) is 3.31. The van der Waals surface area contributed by atoms with Gasteiger partial charge in [0.1, 0.15) is 5.75 Å². The molecule has 1 aliphatic carbocycles. The Labute approximate surface area is 160 Å². The average Bonchev–Trinajstić information content (AvgIpc) is 3.58. The lowest BCUT2D eigenvalue weighted by atomic mass is 10.0. The Morgan fingerprint density at radius 3 is 2.33 bits per heavy atom. The lowest BCUT2D eigenvalue weighted by Gasteiger charge is -2.29. The molecule has 1 atom stereocenters. The number of hydrogen-bond acceptors (Lipinski definition) is 4. The van der Waals surface area contributed by atoms with Gasteiger partial charge in [-0.2, -0.15) is 0 Å². The molecule has 0 unspecified atom stereocenters. The zero-order valence-corrected chi connectivity index (χ0v) is 15.7. The normalized spacial score (nSPS) is 18.0. The quantitative estimate of drug-likeness (QED) is 0.851. The van der Waals surface area contributed by atoms with Crippen LogP contribution in [0.25, 0.3) is 0 Å². The van der Waals surface area contributed by atoms with Crippen molar-refractivity contribution >= 4 is 11.6 Å². The lowest BCUT2D eigenvalue weighted by Crippen LogP contribution is -2.36. The van der Waals surface area contributed by atoms with Crippen molar-refractivity contribution in [3.05, 3.63) is 59.7 Å². The maximum absolute atomic E-state index is 12.8. The largest absolute Gasteiger partial charge is 0.497 e. The van der Waals surface area contributed by atoms with Gasteiger partial charge in [0, 0.05) is 24.3 Å². The van der Waals surface area contributed by atoms with Gasteiger partial charge in [0.25, 0.3) is 5.91 Å². The van der Waals surface area contributed by atoms with Gasteiger partial charge in [0.2, 0.25) is 0 Å². The molecule has 5 heteroatoms. The van der Waals surface area contributed by atoms with E-state index >= 15 is 0 Å². The van der Waals surface area contributed by atoms with Gasteiger partial charge in [-0.15, -0.1) is 0 Å². The molecule has 1 amide bonds. The number of hydrogen-bond donors (Lipinski definition) is 1. The van der Waals surface area contributed by atoms with Gasteiger partial charge in [0.15, 0.2) is 0 Å². The average molecular weight is 366 g/mol. The fraction of sp³-hybridized carbons (Fsp3) is 0.409. The molecule has 1 aliphatic heterocycles. The summed E-state index contributed by atoms with van der Waals surface area (Å²) in [7, 11) is 1.66. The van der Waals surface area contributed by atoms with Crippen LogP contribution >= 0.6 is 0 Å². The Hall–Kier alpha value is -2.53. The molecule has 0 bridgehead atoms. The molecule has 0 radical (unpaired) electrons. The van der Waals surface area contributed by atoms with Gasteiger partial charge in [-0.1, -0.05) is 12.1 Å². The highest BCUT2D eigenvalue weighted by molar-refractivity contribution is 5.94. The first-order valence-corrected chi connectivity index (χ1v) is 9.62. The van der Waals surface area contributed by atoms with E-state index in [1.54, 1.807) is 7.11 Å². The van der Waals surface area contributed by atoms with Crippen molar-refractivity contribution in [2.24, 2.45) is 5.92 Å². The van der Waals surface area contributed by atoms with Gasteiger partial charge < -0.3 is 19.7 Å². The second kappa shape index (κ2) is 8.01. The van der Waals surface area contributed by atoms with Crippen molar-refractivity contribution in [1.29, 1.82) is 0 Å². The van der Waals surface area contributed by atoms with Crippen molar-refractivity contribution in [3.63, 3.8) is 0 Å². The molecule has 2 aromatic rings.